The van der Waals surface area contributed by atoms with Gasteiger partial charge in [-0.2, -0.15) is 4.31 Å². The van der Waals surface area contributed by atoms with Gasteiger partial charge >= 0.3 is 0 Å². The van der Waals surface area contributed by atoms with Gasteiger partial charge in [-0.3, -0.25) is 0 Å². The highest BCUT2D eigenvalue weighted by molar-refractivity contribution is 7.89. The Morgan fingerprint density at radius 3 is 2.84 bits per heavy atom. The first-order chi connectivity index (χ1) is 9.00. The van der Waals surface area contributed by atoms with Gasteiger partial charge in [-0.1, -0.05) is 13.8 Å². The number of thiazole rings is 1. The highest BCUT2D eigenvalue weighted by Crippen LogP contribution is 2.32. The van der Waals surface area contributed by atoms with Gasteiger partial charge in [0.1, 0.15) is 0 Å². The molecule has 1 aromatic carbocycles. The summed E-state index contributed by atoms with van der Waals surface area (Å²) < 4.78 is 27.8. The minimum atomic E-state index is -3.35. The second-order valence-electron chi connectivity index (χ2n) is 5.20. The molecule has 0 spiro atoms. The van der Waals surface area contributed by atoms with E-state index >= 15 is 0 Å². The Labute approximate surface area is 117 Å². The second kappa shape index (κ2) is 4.54. The number of hydrogen-bond acceptors (Lipinski definition) is 4. The van der Waals surface area contributed by atoms with Crippen LogP contribution in [0.4, 0.5) is 0 Å². The van der Waals surface area contributed by atoms with Gasteiger partial charge in [-0.15, -0.1) is 11.3 Å². The number of hydrogen-bond donors (Lipinski definition) is 0. The minimum Gasteiger partial charge on any atom is -0.245 e. The maximum absolute atomic E-state index is 12.6. The number of sulfonamides is 1. The van der Waals surface area contributed by atoms with Crippen LogP contribution in [0.5, 0.6) is 0 Å². The lowest BCUT2D eigenvalue weighted by Gasteiger charge is -2.42. The van der Waals surface area contributed by atoms with E-state index in [9.17, 15) is 8.42 Å². The Hall–Kier alpha value is -0.980. The summed E-state index contributed by atoms with van der Waals surface area (Å²) in [6, 6.07) is 5.32. The van der Waals surface area contributed by atoms with Crippen molar-refractivity contribution in [2.24, 2.45) is 5.92 Å². The number of nitrogens with zero attached hydrogens (tertiary/aromatic N) is 2. The average Bonchev–Trinajstić information content (AvgIpc) is 2.72. The third-order valence-corrected chi connectivity index (χ3v) is 6.41. The van der Waals surface area contributed by atoms with Crippen molar-refractivity contribution in [2.75, 3.05) is 6.54 Å². The molecular weight excluding hydrogens is 280 g/mol. The summed E-state index contributed by atoms with van der Waals surface area (Å²) in [5.41, 5.74) is 2.59. The molecule has 0 aliphatic carbocycles. The summed E-state index contributed by atoms with van der Waals surface area (Å²) >= 11 is 1.47. The number of fused-ring (bicyclic) bond motifs is 1. The quantitative estimate of drug-likeness (QED) is 0.875. The van der Waals surface area contributed by atoms with Crippen LogP contribution >= 0.6 is 11.3 Å². The largest absolute Gasteiger partial charge is 0.245 e. The van der Waals surface area contributed by atoms with Crippen LogP contribution in [-0.4, -0.2) is 30.3 Å². The average molecular weight is 296 g/mol. The van der Waals surface area contributed by atoms with Crippen LogP contribution < -0.4 is 0 Å². The van der Waals surface area contributed by atoms with Crippen molar-refractivity contribution in [3.05, 3.63) is 23.7 Å². The van der Waals surface area contributed by atoms with Gasteiger partial charge in [-0.25, -0.2) is 13.4 Å². The van der Waals surface area contributed by atoms with Crippen LogP contribution in [0.1, 0.15) is 20.3 Å². The van der Waals surface area contributed by atoms with Gasteiger partial charge in [0.05, 0.1) is 20.6 Å². The van der Waals surface area contributed by atoms with Gasteiger partial charge in [0.15, 0.2) is 0 Å². The Morgan fingerprint density at radius 1 is 1.42 bits per heavy atom. The number of rotatable bonds is 3. The summed E-state index contributed by atoms with van der Waals surface area (Å²) in [7, 11) is -3.35. The molecule has 2 heterocycles. The van der Waals surface area contributed by atoms with Crippen LogP contribution in [-0.2, 0) is 10.0 Å². The highest BCUT2D eigenvalue weighted by atomic mass is 32.2. The van der Waals surface area contributed by atoms with Crippen molar-refractivity contribution in [3.8, 4) is 0 Å². The topological polar surface area (TPSA) is 50.3 Å². The first-order valence-corrected chi connectivity index (χ1v) is 8.67. The molecule has 0 radical (unpaired) electrons. The molecule has 1 atom stereocenters. The van der Waals surface area contributed by atoms with E-state index in [1.165, 1.54) is 11.3 Å². The molecular formula is C13H16N2O2S2. The van der Waals surface area contributed by atoms with E-state index in [1.807, 2.05) is 0 Å². The number of benzene rings is 1. The molecule has 3 rings (SSSR count). The summed E-state index contributed by atoms with van der Waals surface area (Å²) in [6.45, 7) is 4.77. The van der Waals surface area contributed by atoms with E-state index < -0.39 is 10.0 Å². The SMILES string of the molecule is CC(C)C1CCN1S(=O)(=O)c1ccc2ncsc2c1. The molecule has 6 heteroatoms. The summed E-state index contributed by atoms with van der Waals surface area (Å²) in [6.07, 6.45) is 0.958. The zero-order chi connectivity index (χ0) is 13.6. The van der Waals surface area contributed by atoms with Crippen LogP contribution in [0.2, 0.25) is 0 Å². The van der Waals surface area contributed by atoms with Gasteiger partial charge < -0.3 is 0 Å². The van der Waals surface area contributed by atoms with Crippen molar-refractivity contribution in [3.63, 3.8) is 0 Å². The fourth-order valence-electron chi connectivity index (χ4n) is 2.48. The van der Waals surface area contributed by atoms with Crippen LogP contribution in [0, 0.1) is 5.92 Å². The maximum Gasteiger partial charge on any atom is 0.243 e. The molecule has 1 fully saturated rings. The predicted octanol–water partition coefficient (Wildman–Crippen LogP) is 2.72. The third-order valence-electron chi connectivity index (χ3n) is 3.69. The van der Waals surface area contributed by atoms with Crippen molar-refractivity contribution in [1.29, 1.82) is 0 Å². The maximum atomic E-state index is 12.6. The van der Waals surface area contributed by atoms with Gasteiger partial charge in [0.2, 0.25) is 10.0 Å². The monoisotopic (exact) mass is 296 g/mol. The standard InChI is InChI=1S/C13H16N2O2S2/c1-9(2)12-5-6-15(12)19(16,17)10-3-4-11-13(7-10)18-8-14-11/h3-4,7-9,12H,5-6H2,1-2H3. The second-order valence-corrected chi connectivity index (χ2v) is 7.97. The molecule has 19 heavy (non-hydrogen) atoms. The van der Waals surface area contributed by atoms with E-state index in [-0.39, 0.29) is 6.04 Å². The van der Waals surface area contributed by atoms with Crippen LogP contribution in [0.3, 0.4) is 0 Å². The fraction of sp³-hybridized carbons (Fsp3) is 0.462. The molecule has 2 aromatic rings. The molecule has 1 unspecified atom stereocenters. The minimum absolute atomic E-state index is 0.141. The van der Waals surface area contributed by atoms with Gasteiger partial charge in [0.25, 0.3) is 0 Å². The lowest BCUT2D eigenvalue weighted by atomic mass is 9.95. The Morgan fingerprint density at radius 2 is 2.21 bits per heavy atom. The van der Waals surface area contributed by atoms with E-state index in [2.05, 4.69) is 18.8 Å². The molecule has 1 aromatic heterocycles. The zero-order valence-corrected chi connectivity index (χ0v) is 12.5. The molecule has 1 saturated heterocycles. The van der Waals surface area contributed by atoms with Gasteiger partial charge in [0, 0.05) is 12.6 Å². The Kier molecular flexibility index (Phi) is 3.11. The Bertz CT molecular complexity index is 706. The van der Waals surface area contributed by atoms with E-state index in [0.717, 1.165) is 16.6 Å². The first kappa shape index (κ1) is 13.0. The van der Waals surface area contributed by atoms with Crippen molar-refractivity contribution in [2.45, 2.75) is 31.2 Å². The molecule has 102 valence electrons. The summed E-state index contributed by atoms with van der Waals surface area (Å²) in [5, 5.41) is 0. The van der Waals surface area contributed by atoms with Crippen LogP contribution in [0.25, 0.3) is 10.2 Å². The predicted molar refractivity (Wildman–Crippen MR) is 76.8 cm³/mol. The van der Waals surface area contributed by atoms with Crippen molar-refractivity contribution in [1.82, 2.24) is 9.29 Å². The zero-order valence-electron chi connectivity index (χ0n) is 10.9. The van der Waals surface area contributed by atoms with E-state index in [1.54, 1.807) is 28.0 Å². The summed E-state index contributed by atoms with van der Waals surface area (Å²) in [5.74, 6) is 0.357. The highest BCUT2D eigenvalue weighted by Gasteiger charge is 2.39. The normalized spacial score (nSPS) is 20.9. The number of aromatic nitrogens is 1. The molecule has 1 aliphatic heterocycles. The third kappa shape index (κ3) is 2.07. The van der Waals surface area contributed by atoms with Crippen molar-refractivity contribution >= 4 is 31.6 Å². The molecule has 4 nitrogen and oxygen atoms in total. The molecule has 0 saturated carbocycles. The smallest absolute Gasteiger partial charge is 0.243 e. The lowest BCUT2D eigenvalue weighted by molar-refractivity contribution is 0.150. The lowest BCUT2D eigenvalue weighted by Crippen LogP contribution is -2.53. The van der Waals surface area contributed by atoms with E-state index in [0.29, 0.717) is 17.4 Å². The summed E-state index contributed by atoms with van der Waals surface area (Å²) in [4.78, 5) is 4.56. The molecule has 0 bridgehead atoms. The molecule has 0 N–H and O–H groups in total. The van der Waals surface area contributed by atoms with Gasteiger partial charge in [-0.05, 0) is 30.5 Å². The first-order valence-electron chi connectivity index (χ1n) is 6.35. The van der Waals surface area contributed by atoms with E-state index in [4.69, 9.17) is 0 Å². The van der Waals surface area contributed by atoms with Crippen LogP contribution in [0.15, 0.2) is 28.6 Å². The molecule has 1 aliphatic rings. The fourth-order valence-corrected chi connectivity index (χ4v) is 5.10. The Balaban J connectivity index is 1.99. The van der Waals surface area contributed by atoms with Crippen molar-refractivity contribution < 1.29 is 8.42 Å². The molecule has 0 amide bonds.